The lowest BCUT2D eigenvalue weighted by Crippen LogP contribution is -2.55. The van der Waals surface area contributed by atoms with E-state index in [1.807, 2.05) is 0 Å². The van der Waals surface area contributed by atoms with Crippen LogP contribution in [0.15, 0.2) is 42.7 Å². The van der Waals surface area contributed by atoms with Crippen LogP contribution in [0.2, 0.25) is 5.28 Å². The van der Waals surface area contributed by atoms with E-state index in [1.54, 1.807) is 41.3 Å². The van der Waals surface area contributed by atoms with Crippen molar-refractivity contribution in [3.05, 3.63) is 59.3 Å². The molecule has 0 bridgehead atoms. The van der Waals surface area contributed by atoms with Gasteiger partial charge in [-0.25, -0.2) is 19.1 Å². The largest absolute Gasteiger partial charge is 0.470 e. The summed E-state index contributed by atoms with van der Waals surface area (Å²) >= 11 is 5.87. The number of nitrogens with zero attached hydrogens (tertiary/aromatic N) is 7. The van der Waals surface area contributed by atoms with Gasteiger partial charge in [-0.15, -0.1) is 0 Å². The average Bonchev–Trinajstić information content (AvgIpc) is 3.35. The van der Waals surface area contributed by atoms with Gasteiger partial charge < -0.3 is 14.7 Å². The molecule has 1 aliphatic rings. The van der Waals surface area contributed by atoms with Crippen molar-refractivity contribution in [3.8, 4) is 11.6 Å². The van der Waals surface area contributed by atoms with Gasteiger partial charge in [0, 0.05) is 12.3 Å². The zero-order valence-electron chi connectivity index (χ0n) is 17.1. The Morgan fingerprint density at radius 3 is 2.62 bits per heavy atom. The minimum Gasteiger partial charge on any atom is -0.470 e. The monoisotopic (exact) mass is 493 g/mol. The number of likely N-dealkylation sites (tertiary alicyclic amines) is 1. The molecule has 14 heteroatoms. The van der Waals surface area contributed by atoms with Crippen LogP contribution in [0.25, 0.3) is 16.7 Å². The molecule has 0 aliphatic carbocycles. The quantitative estimate of drug-likeness (QED) is 0.424. The topological polar surface area (TPSA) is 111 Å². The van der Waals surface area contributed by atoms with Crippen LogP contribution in [0.1, 0.15) is 11.3 Å². The second-order valence-electron chi connectivity index (χ2n) is 7.59. The van der Waals surface area contributed by atoms with Crippen molar-refractivity contribution < 1.29 is 27.8 Å². The SMILES string of the molecule is O=C(O)N1CC(Oc2cc(C(F)(F)F)nn2-c2ccc(Cn3ncc4cnc(Cl)nc43)cc2)C1. The van der Waals surface area contributed by atoms with Crippen LogP contribution in [0, 0.1) is 0 Å². The number of fused-ring (bicyclic) bond motifs is 1. The number of hydrogen-bond donors (Lipinski definition) is 1. The average molecular weight is 494 g/mol. The van der Waals surface area contributed by atoms with Gasteiger partial charge in [0.15, 0.2) is 11.3 Å². The summed E-state index contributed by atoms with van der Waals surface area (Å²) in [6, 6.07) is 7.46. The first-order valence-corrected chi connectivity index (χ1v) is 10.3. The molecule has 10 nitrogen and oxygen atoms in total. The van der Waals surface area contributed by atoms with Crippen molar-refractivity contribution in [3.63, 3.8) is 0 Å². The van der Waals surface area contributed by atoms with E-state index >= 15 is 0 Å². The number of ether oxygens (including phenoxy) is 1. The second kappa shape index (κ2) is 8.17. The van der Waals surface area contributed by atoms with Gasteiger partial charge in [0.2, 0.25) is 11.2 Å². The first-order valence-electron chi connectivity index (χ1n) is 9.92. The molecular weight excluding hydrogens is 479 g/mol. The summed E-state index contributed by atoms with van der Waals surface area (Å²) < 4.78 is 48.2. The van der Waals surface area contributed by atoms with Gasteiger partial charge in [-0.2, -0.15) is 28.4 Å². The Kier molecular flexibility index (Phi) is 5.27. The van der Waals surface area contributed by atoms with Crippen molar-refractivity contribution in [1.82, 2.24) is 34.4 Å². The molecule has 5 rings (SSSR count). The molecule has 4 heterocycles. The van der Waals surface area contributed by atoms with Crippen LogP contribution >= 0.6 is 11.6 Å². The molecule has 1 aliphatic heterocycles. The maximum absolute atomic E-state index is 13.3. The van der Waals surface area contributed by atoms with Gasteiger partial charge in [-0.05, 0) is 29.3 Å². The van der Waals surface area contributed by atoms with Crippen LogP contribution in [0.5, 0.6) is 5.88 Å². The molecule has 4 aromatic rings. The summed E-state index contributed by atoms with van der Waals surface area (Å²) in [7, 11) is 0. The molecule has 0 spiro atoms. The molecular formula is C20H15ClF3N7O3. The number of carboxylic acid groups (broad SMARTS) is 1. The molecule has 0 unspecified atom stereocenters. The van der Waals surface area contributed by atoms with Gasteiger partial charge in [0.25, 0.3) is 0 Å². The lowest BCUT2D eigenvalue weighted by molar-refractivity contribution is -0.141. The standard InChI is InChI=1S/C20H15ClF3N7O3/c21-18-25-6-12-7-26-30(17(12)27-18)8-11-1-3-13(4-2-11)31-16(5-15(28-31)20(22,23)24)34-14-9-29(10-14)19(32)33/h1-7,14H,8-10H2,(H,32,33). The van der Waals surface area contributed by atoms with E-state index in [0.717, 1.165) is 26.6 Å². The first-order chi connectivity index (χ1) is 16.2. The molecule has 1 N–H and O–H groups in total. The second-order valence-corrected chi connectivity index (χ2v) is 7.93. The van der Waals surface area contributed by atoms with Crippen molar-refractivity contribution in [1.29, 1.82) is 0 Å². The normalized spacial score (nSPS) is 14.4. The Morgan fingerprint density at radius 2 is 1.94 bits per heavy atom. The minimum absolute atomic E-state index is 0.0617. The van der Waals surface area contributed by atoms with Crippen LogP contribution in [0.4, 0.5) is 18.0 Å². The molecule has 1 saturated heterocycles. The highest BCUT2D eigenvalue weighted by Gasteiger charge is 2.37. The van der Waals surface area contributed by atoms with Crippen molar-refractivity contribution in [2.75, 3.05) is 13.1 Å². The van der Waals surface area contributed by atoms with Crippen LogP contribution in [0.3, 0.4) is 0 Å². The highest BCUT2D eigenvalue weighted by molar-refractivity contribution is 6.28. The van der Waals surface area contributed by atoms with E-state index in [2.05, 4.69) is 20.2 Å². The number of alkyl halides is 3. The molecule has 1 amide bonds. The fraction of sp³-hybridized carbons (Fsp3) is 0.250. The zero-order chi connectivity index (χ0) is 24.0. The van der Waals surface area contributed by atoms with Crippen LogP contribution < -0.4 is 4.74 Å². The molecule has 0 atom stereocenters. The van der Waals surface area contributed by atoms with Crippen LogP contribution in [-0.2, 0) is 12.7 Å². The summed E-state index contributed by atoms with van der Waals surface area (Å²) in [5.41, 5.74) is 0.600. The number of benzene rings is 1. The van der Waals surface area contributed by atoms with Gasteiger partial charge in [-0.3, -0.25) is 0 Å². The number of rotatable bonds is 5. The third kappa shape index (κ3) is 4.21. The molecule has 34 heavy (non-hydrogen) atoms. The Morgan fingerprint density at radius 1 is 1.21 bits per heavy atom. The highest BCUT2D eigenvalue weighted by atomic mass is 35.5. The number of hydrogen-bond acceptors (Lipinski definition) is 6. The third-order valence-corrected chi connectivity index (χ3v) is 5.42. The molecule has 176 valence electrons. The maximum atomic E-state index is 13.3. The van der Waals surface area contributed by atoms with E-state index < -0.39 is 24.1 Å². The smallest absolute Gasteiger partial charge is 0.435 e. The number of halogens is 4. The number of carbonyl (C=O) groups is 1. The van der Waals surface area contributed by atoms with Crippen molar-refractivity contribution in [2.45, 2.75) is 18.8 Å². The van der Waals surface area contributed by atoms with Crippen LogP contribution in [-0.4, -0.2) is 64.8 Å². The Labute approximate surface area is 194 Å². The fourth-order valence-corrected chi connectivity index (χ4v) is 3.62. The van der Waals surface area contributed by atoms with Gasteiger partial charge in [0.05, 0.1) is 36.9 Å². The molecule has 1 aromatic carbocycles. The molecule has 1 fully saturated rings. The summed E-state index contributed by atoms with van der Waals surface area (Å²) in [6.45, 7) is 0.471. The maximum Gasteiger partial charge on any atom is 0.435 e. The summed E-state index contributed by atoms with van der Waals surface area (Å²) in [5.74, 6) is -0.125. The molecule has 0 saturated carbocycles. The fourth-order valence-electron chi connectivity index (χ4n) is 3.49. The Balaban J connectivity index is 1.39. The van der Waals surface area contributed by atoms with E-state index in [9.17, 15) is 18.0 Å². The highest BCUT2D eigenvalue weighted by Crippen LogP contribution is 2.33. The third-order valence-electron chi connectivity index (χ3n) is 5.23. The summed E-state index contributed by atoms with van der Waals surface area (Å²) in [4.78, 5) is 20.1. The lowest BCUT2D eigenvalue weighted by atomic mass is 10.2. The Hall–Kier alpha value is -3.87. The summed E-state index contributed by atoms with van der Waals surface area (Å²) in [6.07, 6.45) is -3.17. The van der Waals surface area contributed by atoms with E-state index in [0.29, 0.717) is 17.9 Å². The minimum atomic E-state index is -4.67. The predicted octanol–water partition coefficient (Wildman–Crippen LogP) is 3.47. The molecule has 0 radical (unpaired) electrons. The molecule has 3 aromatic heterocycles. The van der Waals surface area contributed by atoms with E-state index in [1.165, 1.54) is 0 Å². The zero-order valence-corrected chi connectivity index (χ0v) is 17.9. The predicted molar refractivity (Wildman–Crippen MR) is 112 cm³/mol. The number of amides is 1. The van der Waals surface area contributed by atoms with Crippen molar-refractivity contribution >= 4 is 28.7 Å². The van der Waals surface area contributed by atoms with Crippen molar-refractivity contribution in [2.24, 2.45) is 0 Å². The van der Waals surface area contributed by atoms with Gasteiger partial charge >= 0.3 is 12.3 Å². The lowest BCUT2D eigenvalue weighted by Gasteiger charge is -2.36. The van der Waals surface area contributed by atoms with Gasteiger partial charge in [0.1, 0.15) is 6.10 Å². The number of aromatic nitrogens is 6. The Bertz CT molecular complexity index is 1360. The summed E-state index contributed by atoms with van der Waals surface area (Å²) in [5, 5.41) is 17.7. The first kappa shape index (κ1) is 21.9. The van der Waals surface area contributed by atoms with Gasteiger partial charge in [-0.1, -0.05) is 12.1 Å². The van der Waals surface area contributed by atoms with E-state index in [-0.39, 0.29) is 24.3 Å². The van der Waals surface area contributed by atoms with E-state index in [4.69, 9.17) is 21.4 Å².